The van der Waals surface area contributed by atoms with Gasteiger partial charge in [-0.05, 0) is 43.9 Å². The van der Waals surface area contributed by atoms with Gasteiger partial charge in [-0.2, -0.15) is 0 Å². The molecule has 2 rings (SSSR count). The Labute approximate surface area is 112 Å². The maximum Gasteiger partial charge on any atom is 0.0772 e. The van der Waals surface area contributed by atoms with Gasteiger partial charge in [-0.3, -0.25) is 0 Å². The number of halogens is 1. The van der Waals surface area contributed by atoms with Crippen molar-refractivity contribution in [3.63, 3.8) is 0 Å². The van der Waals surface area contributed by atoms with Crippen molar-refractivity contribution in [2.45, 2.75) is 45.3 Å². The lowest BCUT2D eigenvalue weighted by molar-refractivity contribution is 0.198. The van der Waals surface area contributed by atoms with Crippen LogP contribution < -0.4 is 4.90 Å². The monoisotopic (exact) mass is 297 g/mol. The average molecular weight is 298 g/mol. The van der Waals surface area contributed by atoms with E-state index in [1.807, 2.05) is 6.07 Å². The Morgan fingerprint density at radius 1 is 1.53 bits per heavy atom. The van der Waals surface area contributed by atoms with Crippen molar-refractivity contribution in [3.05, 3.63) is 28.2 Å². The fourth-order valence-electron chi connectivity index (χ4n) is 2.63. The number of rotatable bonds is 3. The zero-order valence-corrected chi connectivity index (χ0v) is 12.1. The summed E-state index contributed by atoms with van der Waals surface area (Å²) in [5, 5.41) is 9.62. The smallest absolute Gasteiger partial charge is 0.0772 e. The van der Waals surface area contributed by atoms with Crippen LogP contribution >= 0.6 is 15.9 Å². The van der Waals surface area contributed by atoms with Crippen LogP contribution in [-0.2, 0) is 0 Å². The minimum atomic E-state index is -0.418. The molecule has 1 saturated heterocycles. The highest BCUT2D eigenvalue weighted by Gasteiger charge is 2.23. The molecule has 1 N–H and O–H groups in total. The van der Waals surface area contributed by atoms with Crippen molar-refractivity contribution in [1.82, 2.24) is 0 Å². The second-order valence-corrected chi connectivity index (χ2v) is 5.63. The third kappa shape index (κ3) is 2.66. The lowest BCUT2D eigenvalue weighted by atomic mass is 10.1. The van der Waals surface area contributed by atoms with Crippen molar-refractivity contribution in [2.75, 3.05) is 11.4 Å². The molecule has 94 valence electrons. The highest BCUT2D eigenvalue weighted by atomic mass is 79.9. The maximum atomic E-state index is 9.62. The van der Waals surface area contributed by atoms with Gasteiger partial charge in [0, 0.05) is 22.7 Å². The number of aliphatic hydroxyl groups is 1. The zero-order valence-electron chi connectivity index (χ0n) is 10.5. The molecule has 2 unspecified atom stereocenters. The van der Waals surface area contributed by atoms with Gasteiger partial charge in [0.05, 0.1) is 6.10 Å². The van der Waals surface area contributed by atoms with E-state index < -0.39 is 6.10 Å². The van der Waals surface area contributed by atoms with E-state index in [-0.39, 0.29) is 0 Å². The molecule has 0 aromatic heterocycles. The number of hydrogen-bond acceptors (Lipinski definition) is 2. The first-order chi connectivity index (χ1) is 8.13. The molecule has 1 aromatic carbocycles. The number of aliphatic hydroxyl groups excluding tert-OH is 1. The standard InChI is InChI=1S/C14H20BrNO/c1-3-11-5-4-8-16(11)12-6-7-13(10(2)17)14(15)9-12/h6-7,9-11,17H,3-5,8H2,1-2H3. The predicted molar refractivity (Wildman–Crippen MR) is 75.4 cm³/mol. The first kappa shape index (κ1) is 12.9. The molecule has 1 aromatic rings. The van der Waals surface area contributed by atoms with E-state index >= 15 is 0 Å². The van der Waals surface area contributed by atoms with Crippen LogP contribution in [0.4, 0.5) is 5.69 Å². The fourth-order valence-corrected chi connectivity index (χ4v) is 3.33. The molecule has 1 heterocycles. The summed E-state index contributed by atoms with van der Waals surface area (Å²) < 4.78 is 1.01. The van der Waals surface area contributed by atoms with Gasteiger partial charge in [-0.25, -0.2) is 0 Å². The Kier molecular flexibility index (Phi) is 4.10. The lowest BCUT2D eigenvalue weighted by Crippen LogP contribution is -2.28. The second-order valence-electron chi connectivity index (χ2n) is 4.78. The van der Waals surface area contributed by atoms with Gasteiger partial charge in [-0.15, -0.1) is 0 Å². The normalized spacial score (nSPS) is 21.9. The first-order valence-corrected chi connectivity index (χ1v) is 7.17. The summed E-state index contributed by atoms with van der Waals surface area (Å²) in [7, 11) is 0. The number of benzene rings is 1. The molecular formula is C14H20BrNO. The van der Waals surface area contributed by atoms with Crippen LogP contribution in [0.5, 0.6) is 0 Å². The van der Waals surface area contributed by atoms with E-state index in [4.69, 9.17) is 0 Å². The third-order valence-electron chi connectivity index (χ3n) is 3.61. The summed E-state index contributed by atoms with van der Waals surface area (Å²) in [6.07, 6.45) is 3.37. The van der Waals surface area contributed by atoms with E-state index in [0.717, 1.165) is 16.6 Å². The molecule has 0 spiro atoms. The van der Waals surface area contributed by atoms with Gasteiger partial charge in [0.25, 0.3) is 0 Å². The summed E-state index contributed by atoms with van der Waals surface area (Å²) in [6.45, 7) is 5.20. The van der Waals surface area contributed by atoms with Crippen molar-refractivity contribution in [2.24, 2.45) is 0 Å². The Balaban J connectivity index is 2.25. The highest BCUT2D eigenvalue weighted by molar-refractivity contribution is 9.10. The number of anilines is 1. The van der Waals surface area contributed by atoms with E-state index in [2.05, 4.69) is 39.9 Å². The van der Waals surface area contributed by atoms with Gasteiger partial charge in [0.2, 0.25) is 0 Å². The van der Waals surface area contributed by atoms with Crippen molar-refractivity contribution < 1.29 is 5.11 Å². The van der Waals surface area contributed by atoms with Gasteiger partial charge in [-0.1, -0.05) is 28.9 Å². The molecule has 0 radical (unpaired) electrons. The topological polar surface area (TPSA) is 23.5 Å². The third-order valence-corrected chi connectivity index (χ3v) is 4.30. The molecule has 0 aliphatic carbocycles. The Morgan fingerprint density at radius 2 is 2.29 bits per heavy atom. The molecule has 2 nitrogen and oxygen atoms in total. The van der Waals surface area contributed by atoms with Crippen molar-refractivity contribution >= 4 is 21.6 Å². The zero-order chi connectivity index (χ0) is 12.4. The Bertz CT molecular complexity index is 392. The SMILES string of the molecule is CCC1CCCN1c1ccc(C(C)O)c(Br)c1. The van der Waals surface area contributed by atoms with E-state index in [9.17, 15) is 5.11 Å². The van der Waals surface area contributed by atoms with Crippen molar-refractivity contribution in [3.8, 4) is 0 Å². The van der Waals surface area contributed by atoms with Crippen LogP contribution in [0, 0.1) is 0 Å². The van der Waals surface area contributed by atoms with E-state index in [1.165, 1.54) is 24.9 Å². The fraction of sp³-hybridized carbons (Fsp3) is 0.571. The summed E-state index contributed by atoms with van der Waals surface area (Å²) in [5.74, 6) is 0. The molecule has 1 aliphatic heterocycles. The maximum absolute atomic E-state index is 9.62. The van der Waals surface area contributed by atoms with Crippen LogP contribution in [0.1, 0.15) is 44.8 Å². The van der Waals surface area contributed by atoms with Crippen LogP contribution in [0.3, 0.4) is 0 Å². The first-order valence-electron chi connectivity index (χ1n) is 6.37. The lowest BCUT2D eigenvalue weighted by Gasteiger charge is -2.26. The molecule has 17 heavy (non-hydrogen) atoms. The molecular weight excluding hydrogens is 278 g/mol. The summed E-state index contributed by atoms with van der Waals surface area (Å²) in [6, 6.07) is 6.96. The van der Waals surface area contributed by atoms with E-state index in [1.54, 1.807) is 6.92 Å². The summed E-state index contributed by atoms with van der Waals surface area (Å²) >= 11 is 3.55. The Morgan fingerprint density at radius 3 is 2.88 bits per heavy atom. The van der Waals surface area contributed by atoms with E-state index in [0.29, 0.717) is 6.04 Å². The largest absolute Gasteiger partial charge is 0.389 e. The molecule has 3 heteroatoms. The highest BCUT2D eigenvalue weighted by Crippen LogP contribution is 2.32. The predicted octanol–water partition coefficient (Wildman–Crippen LogP) is 3.88. The minimum absolute atomic E-state index is 0.418. The molecule has 2 atom stereocenters. The van der Waals surface area contributed by atoms with Gasteiger partial charge >= 0.3 is 0 Å². The molecule has 1 aliphatic rings. The Hall–Kier alpha value is -0.540. The second kappa shape index (κ2) is 5.40. The van der Waals surface area contributed by atoms with Crippen LogP contribution in [0.15, 0.2) is 22.7 Å². The van der Waals surface area contributed by atoms with Crippen LogP contribution in [-0.4, -0.2) is 17.7 Å². The van der Waals surface area contributed by atoms with Gasteiger partial charge in [0.15, 0.2) is 0 Å². The minimum Gasteiger partial charge on any atom is -0.389 e. The van der Waals surface area contributed by atoms with Gasteiger partial charge < -0.3 is 10.0 Å². The van der Waals surface area contributed by atoms with Crippen LogP contribution in [0.2, 0.25) is 0 Å². The molecule has 0 saturated carbocycles. The number of nitrogens with zero attached hydrogens (tertiary/aromatic N) is 1. The number of hydrogen-bond donors (Lipinski definition) is 1. The molecule has 0 bridgehead atoms. The van der Waals surface area contributed by atoms with Gasteiger partial charge in [0.1, 0.15) is 0 Å². The van der Waals surface area contributed by atoms with Crippen molar-refractivity contribution in [1.29, 1.82) is 0 Å². The van der Waals surface area contributed by atoms with Crippen LogP contribution in [0.25, 0.3) is 0 Å². The quantitative estimate of drug-likeness (QED) is 0.915. The molecule has 0 amide bonds. The summed E-state index contributed by atoms with van der Waals surface area (Å²) in [5.41, 5.74) is 2.23. The average Bonchev–Trinajstić information content (AvgIpc) is 2.76. The molecule has 1 fully saturated rings. The summed E-state index contributed by atoms with van der Waals surface area (Å²) in [4.78, 5) is 2.48.